The molecule has 0 aromatic heterocycles. The van der Waals surface area contributed by atoms with Gasteiger partial charge in [-0.15, -0.1) is 0 Å². The number of fused-ring (bicyclic) bond motifs is 1. The van der Waals surface area contributed by atoms with E-state index in [1.165, 1.54) is 0 Å². The Morgan fingerprint density at radius 1 is 1.08 bits per heavy atom. The zero-order valence-corrected chi connectivity index (χ0v) is 14.4. The number of benzene rings is 1. The lowest BCUT2D eigenvalue weighted by Gasteiger charge is -2.45. The topological polar surface area (TPSA) is 72.1 Å². The van der Waals surface area contributed by atoms with Gasteiger partial charge in [0, 0.05) is 26.3 Å². The summed E-state index contributed by atoms with van der Waals surface area (Å²) < 4.78 is 16.9. The van der Waals surface area contributed by atoms with E-state index >= 15 is 0 Å². The molecule has 1 aromatic rings. The molecule has 0 radical (unpaired) electrons. The van der Waals surface area contributed by atoms with Gasteiger partial charge in [0.2, 0.25) is 0 Å². The maximum absolute atomic E-state index is 13.1. The van der Waals surface area contributed by atoms with Crippen molar-refractivity contribution in [2.75, 3.05) is 51.4 Å². The normalized spacial score (nSPS) is 22.3. The molecule has 0 bridgehead atoms. The molecule has 7 nitrogen and oxygen atoms in total. The maximum atomic E-state index is 13.1. The number of amides is 2. The van der Waals surface area contributed by atoms with Crippen molar-refractivity contribution in [2.45, 2.75) is 24.8 Å². The molecular formula is C18H25N3O4. The number of urea groups is 1. The van der Waals surface area contributed by atoms with Crippen molar-refractivity contribution in [3.63, 3.8) is 0 Å². The van der Waals surface area contributed by atoms with Crippen molar-refractivity contribution in [3.8, 4) is 11.5 Å². The van der Waals surface area contributed by atoms with Gasteiger partial charge in [-0.05, 0) is 37.9 Å². The third-order valence-electron chi connectivity index (χ3n) is 5.33. The van der Waals surface area contributed by atoms with Crippen molar-refractivity contribution in [3.05, 3.63) is 18.2 Å². The van der Waals surface area contributed by atoms with Crippen LogP contribution in [-0.4, -0.2) is 62.5 Å². The smallest absolute Gasteiger partial charge is 0.322 e. The summed E-state index contributed by atoms with van der Waals surface area (Å²) >= 11 is 0. The highest BCUT2D eigenvalue weighted by Crippen LogP contribution is 2.38. The summed E-state index contributed by atoms with van der Waals surface area (Å²) in [6, 6.07) is 5.52. The van der Waals surface area contributed by atoms with E-state index in [0.29, 0.717) is 50.2 Å². The van der Waals surface area contributed by atoms with Gasteiger partial charge in [-0.1, -0.05) is 6.07 Å². The lowest BCUT2D eigenvalue weighted by atomic mass is 9.85. The van der Waals surface area contributed by atoms with Crippen LogP contribution < -0.4 is 20.1 Å². The molecule has 25 heavy (non-hydrogen) atoms. The predicted octanol–water partition coefficient (Wildman–Crippen LogP) is 1.83. The first kappa shape index (κ1) is 16.5. The number of hydrogen-bond acceptors (Lipinski definition) is 5. The fourth-order valence-electron chi connectivity index (χ4n) is 3.95. The highest BCUT2D eigenvalue weighted by Gasteiger charge is 2.41. The minimum atomic E-state index is -0.127. The van der Waals surface area contributed by atoms with Gasteiger partial charge >= 0.3 is 6.03 Å². The van der Waals surface area contributed by atoms with E-state index in [2.05, 4.69) is 10.6 Å². The molecule has 7 heteroatoms. The molecule has 3 aliphatic heterocycles. The van der Waals surface area contributed by atoms with Crippen molar-refractivity contribution < 1.29 is 19.0 Å². The third kappa shape index (κ3) is 3.26. The summed E-state index contributed by atoms with van der Waals surface area (Å²) in [5.41, 5.74) is 0.541. The quantitative estimate of drug-likeness (QED) is 0.811. The zero-order chi connectivity index (χ0) is 17.1. The van der Waals surface area contributed by atoms with Crippen LogP contribution in [0.4, 0.5) is 10.5 Å². The van der Waals surface area contributed by atoms with Crippen LogP contribution >= 0.6 is 0 Å². The van der Waals surface area contributed by atoms with Crippen LogP contribution in [-0.2, 0) is 4.74 Å². The van der Waals surface area contributed by atoms with Crippen LogP contribution in [0.5, 0.6) is 11.5 Å². The summed E-state index contributed by atoms with van der Waals surface area (Å²) in [5, 5.41) is 6.46. The summed E-state index contributed by atoms with van der Waals surface area (Å²) in [6.07, 6.45) is 2.72. The van der Waals surface area contributed by atoms with E-state index in [0.717, 1.165) is 32.4 Å². The maximum Gasteiger partial charge on any atom is 0.322 e. The number of carbonyl (C=O) groups excluding carboxylic acids is 1. The number of hydrogen-bond donors (Lipinski definition) is 2. The first-order valence-electron chi connectivity index (χ1n) is 9.04. The SMILES string of the molecule is O=C(Nc1cccc2c1OCCO2)N1CCNCCC12CCOCC2. The number of anilines is 1. The Balaban J connectivity index is 1.56. The van der Waals surface area contributed by atoms with Crippen molar-refractivity contribution in [1.29, 1.82) is 0 Å². The highest BCUT2D eigenvalue weighted by atomic mass is 16.6. The molecule has 0 saturated carbocycles. The fraction of sp³-hybridized carbons (Fsp3) is 0.611. The number of carbonyl (C=O) groups is 1. The second-order valence-corrected chi connectivity index (χ2v) is 6.75. The first-order valence-corrected chi connectivity index (χ1v) is 9.04. The first-order chi connectivity index (χ1) is 12.3. The molecule has 136 valence electrons. The molecule has 0 aliphatic carbocycles. The number of nitrogens with one attached hydrogen (secondary N) is 2. The summed E-state index contributed by atoms with van der Waals surface area (Å²) in [7, 11) is 0. The molecule has 4 rings (SSSR count). The molecule has 0 atom stereocenters. The van der Waals surface area contributed by atoms with E-state index in [4.69, 9.17) is 14.2 Å². The van der Waals surface area contributed by atoms with Gasteiger partial charge in [-0.2, -0.15) is 0 Å². The van der Waals surface area contributed by atoms with Crippen molar-refractivity contribution in [2.24, 2.45) is 0 Å². The lowest BCUT2D eigenvalue weighted by Crippen LogP contribution is -2.56. The largest absolute Gasteiger partial charge is 0.486 e. The van der Waals surface area contributed by atoms with E-state index in [1.54, 1.807) is 0 Å². The number of rotatable bonds is 1. The highest BCUT2D eigenvalue weighted by molar-refractivity contribution is 5.92. The van der Waals surface area contributed by atoms with Gasteiger partial charge in [0.1, 0.15) is 13.2 Å². The van der Waals surface area contributed by atoms with Crippen LogP contribution in [0, 0.1) is 0 Å². The summed E-state index contributed by atoms with van der Waals surface area (Å²) in [4.78, 5) is 15.1. The van der Waals surface area contributed by atoms with Gasteiger partial charge in [-0.25, -0.2) is 4.79 Å². The molecule has 2 fully saturated rings. The van der Waals surface area contributed by atoms with E-state index in [1.807, 2.05) is 23.1 Å². The molecule has 0 unspecified atom stereocenters. The summed E-state index contributed by atoms with van der Waals surface area (Å²) in [5.74, 6) is 1.30. The Morgan fingerprint density at radius 3 is 2.80 bits per heavy atom. The van der Waals surface area contributed by atoms with E-state index in [-0.39, 0.29) is 11.6 Å². The Bertz CT molecular complexity index is 631. The molecular weight excluding hydrogens is 322 g/mol. The minimum Gasteiger partial charge on any atom is -0.486 e. The number of para-hydroxylation sites is 1. The lowest BCUT2D eigenvalue weighted by molar-refractivity contribution is -0.00659. The zero-order valence-electron chi connectivity index (χ0n) is 14.4. The van der Waals surface area contributed by atoms with Crippen molar-refractivity contribution >= 4 is 11.7 Å². The third-order valence-corrected chi connectivity index (χ3v) is 5.33. The van der Waals surface area contributed by atoms with Crippen LogP contribution in [0.3, 0.4) is 0 Å². The molecule has 3 aliphatic rings. The van der Waals surface area contributed by atoms with Gasteiger partial charge in [0.15, 0.2) is 11.5 Å². The van der Waals surface area contributed by atoms with Crippen LogP contribution in [0.25, 0.3) is 0 Å². The fourth-order valence-corrected chi connectivity index (χ4v) is 3.95. The molecule has 1 aromatic carbocycles. The Hall–Kier alpha value is -1.99. The Labute approximate surface area is 147 Å². The number of nitrogens with zero attached hydrogens (tertiary/aromatic N) is 1. The van der Waals surface area contributed by atoms with Crippen LogP contribution in [0.15, 0.2) is 18.2 Å². The van der Waals surface area contributed by atoms with Crippen LogP contribution in [0.2, 0.25) is 0 Å². The Kier molecular flexibility index (Phi) is 4.67. The average Bonchev–Trinajstić information content (AvgIpc) is 2.85. The molecule has 2 amide bonds. The van der Waals surface area contributed by atoms with Crippen LogP contribution in [0.1, 0.15) is 19.3 Å². The van der Waals surface area contributed by atoms with Gasteiger partial charge in [-0.3, -0.25) is 0 Å². The van der Waals surface area contributed by atoms with E-state index in [9.17, 15) is 4.79 Å². The second-order valence-electron chi connectivity index (χ2n) is 6.75. The van der Waals surface area contributed by atoms with Gasteiger partial charge < -0.3 is 29.7 Å². The average molecular weight is 347 g/mol. The monoisotopic (exact) mass is 347 g/mol. The molecule has 2 saturated heterocycles. The second kappa shape index (κ2) is 7.09. The molecule has 2 N–H and O–H groups in total. The predicted molar refractivity (Wildman–Crippen MR) is 93.4 cm³/mol. The summed E-state index contributed by atoms with van der Waals surface area (Å²) in [6.45, 7) is 4.88. The minimum absolute atomic E-state index is 0.0758. The number of ether oxygens (including phenoxy) is 3. The van der Waals surface area contributed by atoms with Crippen molar-refractivity contribution in [1.82, 2.24) is 10.2 Å². The Morgan fingerprint density at radius 2 is 1.92 bits per heavy atom. The standard InChI is InChI=1S/C18H25N3O4/c22-17(20-14-2-1-3-15-16(14)25-13-12-24-15)21-9-8-19-7-4-18(21)5-10-23-11-6-18/h1-3,19H,4-13H2,(H,20,22). The van der Waals surface area contributed by atoms with E-state index < -0.39 is 0 Å². The van der Waals surface area contributed by atoms with Gasteiger partial charge in [0.25, 0.3) is 0 Å². The van der Waals surface area contributed by atoms with Gasteiger partial charge in [0.05, 0.1) is 11.2 Å². The molecule has 3 heterocycles. The molecule has 1 spiro atoms.